The summed E-state index contributed by atoms with van der Waals surface area (Å²) in [4.78, 5) is 0. The molecule has 0 saturated heterocycles. The van der Waals surface area contributed by atoms with Gasteiger partial charge in [-0.05, 0) is 25.7 Å². The van der Waals surface area contributed by atoms with E-state index in [-0.39, 0.29) is 0 Å². The van der Waals surface area contributed by atoms with E-state index in [1.54, 1.807) is 0 Å². The number of hydrogen-bond donors (Lipinski definition) is 0. The molecular weight excluding hydrogens is 188 g/mol. The molecule has 0 radical (unpaired) electrons. The van der Waals surface area contributed by atoms with Gasteiger partial charge in [-0.25, -0.2) is 0 Å². The zero-order valence-corrected chi connectivity index (χ0v) is 10.7. The minimum atomic E-state index is 0.966. The second-order valence-electron chi connectivity index (χ2n) is 4.60. The molecule has 0 aliphatic heterocycles. The maximum atomic E-state index is 2.32. The molecule has 0 heterocycles. The monoisotopic (exact) mass is 214 g/mol. The third-order valence-electron chi connectivity index (χ3n) is 3.16. The van der Waals surface area contributed by atoms with E-state index in [2.05, 4.69) is 25.6 Å². The van der Waals surface area contributed by atoms with Gasteiger partial charge in [-0.1, -0.05) is 46.0 Å². The summed E-state index contributed by atoms with van der Waals surface area (Å²) in [6.07, 6.45) is 13.1. The van der Waals surface area contributed by atoms with Crippen LogP contribution in [0, 0.1) is 0 Å². The summed E-state index contributed by atoms with van der Waals surface area (Å²) in [5.74, 6) is 0. The van der Waals surface area contributed by atoms with Crippen LogP contribution in [0.2, 0.25) is 0 Å². The van der Waals surface area contributed by atoms with Crippen LogP contribution in [0.25, 0.3) is 0 Å². The smallest absolute Gasteiger partial charge is 0.00498 e. The first-order chi connectivity index (χ1) is 6.86. The molecule has 1 rings (SSSR count). The Morgan fingerprint density at radius 3 is 2.07 bits per heavy atom. The average Bonchev–Trinajstić information content (AvgIpc) is 2.20. The molecule has 84 valence electrons. The van der Waals surface area contributed by atoms with E-state index in [4.69, 9.17) is 0 Å². The first-order valence-electron chi connectivity index (χ1n) is 6.52. The molecule has 0 bridgehead atoms. The van der Waals surface area contributed by atoms with Crippen molar-refractivity contribution in [3.63, 3.8) is 0 Å². The lowest BCUT2D eigenvalue weighted by Crippen LogP contribution is -2.14. The third-order valence-corrected chi connectivity index (χ3v) is 4.87. The van der Waals surface area contributed by atoms with E-state index in [1.165, 1.54) is 57.8 Å². The van der Waals surface area contributed by atoms with E-state index >= 15 is 0 Å². The van der Waals surface area contributed by atoms with Crippen molar-refractivity contribution >= 4 is 11.8 Å². The molecule has 0 amide bonds. The van der Waals surface area contributed by atoms with Crippen molar-refractivity contribution in [2.24, 2.45) is 0 Å². The molecule has 0 aromatic carbocycles. The summed E-state index contributed by atoms with van der Waals surface area (Å²) < 4.78 is 0. The van der Waals surface area contributed by atoms with Crippen LogP contribution in [0.5, 0.6) is 0 Å². The highest BCUT2D eigenvalue weighted by molar-refractivity contribution is 8.00. The molecule has 0 aromatic rings. The minimum absolute atomic E-state index is 0.966. The predicted octanol–water partition coefficient (Wildman–Crippen LogP) is 5.02. The van der Waals surface area contributed by atoms with Crippen LogP contribution >= 0.6 is 11.8 Å². The first-order valence-corrected chi connectivity index (χ1v) is 7.46. The third kappa shape index (κ3) is 4.72. The van der Waals surface area contributed by atoms with Gasteiger partial charge in [0.25, 0.3) is 0 Å². The largest absolute Gasteiger partial charge is 0.155 e. The summed E-state index contributed by atoms with van der Waals surface area (Å²) in [6, 6.07) is 0. The maximum absolute atomic E-state index is 2.32. The predicted molar refractivity (Wildman–Crippen MR) is 68.1 cm³/mol. The van der Waals surface area contributed by atoms with Gasteiger partial charge in [-0.15, -0.1) is 0 Å². The Balaban J connectivity index is 2.21. The topological polar surface area (TPSA) is 0 Å². The highest BCUT2D eigenvalue weighted by Gasteiger charge is 2.18. The minimum Gasteiger partial charge on any atom is -0.155 e. The van der Waals surface area contributed by atoms with Gasteiger partial charge in [-0.3, -0.25) is 0 Å². The van der Waals surface area contributed by atoms with Crippen molar-refractivity contribution in [3.8, 4) is 0 Å². The normalized spacial score (nSPS) is 19.1. The Bertz CT molecular complexity index is 121. The van der Waals surface area contributed by atoms with Crippen LogP contribution in [0.3, 0.4) is 0 Å². The lowest BCUT2D eigenvalue weighted by atomic mass is 10.0. The fraction of sp³-hybridized carbons (Fsp3) is 1.00. The van der Waals surface area contributed by atoms with E-state index in [0.29, 0.717) is 0 Å². The van der Waals surface area contributed by atoms with Crippen LogP contribution in [0.1, 0.15) is 71.6 Å². The Labute approximate surface area is 94.2 Å². The molecule has 1 aliphatic rings. The van der Waals surface area contributed by atoms with Crippen LogP contribution < -0.4 is 0 Å². The molecule has 1 fully saturated rings. The Morgan fingerprint density at radius 2 is 1.57 bits per heavy atom. The summed E-state index contributed by atoms with van der Waals surface area (Å²) in [5, 5.41) is 1.97. The van der Waals surface area contributed by atoms with Gasteiger partial charge >= 0.3 is 0 Å². The molecule has 0 unspecified atom stereocenters. The molecule has 0 aromatic heterocycles. The van der Waals surface area contributed by atoms with E-state index < -0.39 is 0 Å². The fourth-order valence-corrected chi connectivity index (χ4v) is 4.29. The van der Waals surface area contributed by atoms with E-state index in [0.717, 1.165) is 10.5 Å². The quantitative estimate of drug-likeness (QED) is 0.598. The van der Waals surface area contributed by atoms with Crippen LogP contribution in [-0.2, 0) is 0 Å². The summed E-state index contributed by atoms with van der Waals surface area (Å²) in [6.45, 7) is 4.65. The van der Waals surface area contributed by atoms with Gasteiger partial charge in [-0.2, -0.15) is 11.8 Å². The molecule has 0 nitrogen and oxygen atoms in total. The number of rotatable bonds is 6. The van der Waals surface area contributed by atoms with Crippen molar-refractivity contribution < 1.29 is 0 Å². The van der Waals surface area contributed by atoms with Crippen LogP contribution in [0.4, 0.5) is 0 Å². The van der Waals surface area contributed by atoms with Gasteiger partial charge in [0, 0.05) is 10.5 Å². The lowest BCUT2D eigenvalue weighted by Gasteiger charge is -2.25. The lowest BCUT2D eigenvalue weighted by molar-refractivity contribution is 0.512. The molecule has 1 saturated carbocycles. The summed E-state index contributed by atoms with van der Waals surface area (Å²) >= 11 is 2.31. The second kappa shape index (κ2) is 7.62. The Morgan fingerprint density at radius 1 is 1.00 bits per heavy atom. The fourth-order valence-electron chi connectivity index (χ4n) is 2.40. The van der Waals surface area contributed by atoms with Crippen molar-refractivity contribution in [1.29, 1.82) is 0 Å². The van der Waals surface area contributed by atoms with Gasteiger partial charge < -0.3 is 0 Å². The van der Waals surface area contributed by atoms with Crippen molar-refractivity contribution in [3.05, 3.63) is 0 Å². The van der Waals surface area contributed by atoms with Gasteiger partial charge in [0.1, 0.15) is 0 Å². The highest BCUT2D eigenvalue weighted by Crippen LogP contribution is 2.34. The van der Waals surface area contributed by atoms with Crippen molar-refractivity contribution in [1.82, 2.24) is 0 Å². The highest BCUT2D eigenvalue weighted by atomic mass is 32.2. The zero-order valence-electron chi connectivity index (χ0n) is 9.93. The summed E-state index contributed by atoms with van der Waals surface area (Å²) in [7, 11) is 0. The Kier molecular flexibility index (Phi) is 6.76. The maximum Gasteiger partial charge on any atom is 0.00498 e. The average molecular weight is 214 g/mol. The van der Waals surface area contributed by atoms with Gasteiger partial charge in [0.15, 0.2) is 0 Å². The van der Waals surface area contributed by atoms with Gasteiger partial charge in [0.2, 0.25) is 0 Å². The number of hydrogen-bond acceptors (Lipinski definition) is 1. The molecule has 1 heteroatoms. The second-order valence-corrected chi connectivity index (χ2v) is 6.20. The van der Waals surface area contributed by atoms with E-state index in [9.17, 15) is 0 Å². The molecule has 14 heavy (non-hydrogen) atoms. The SMILES string of the molecule is CCCC(CCC)SC1CCCCC1. The molecule has 0 N–H and O–H groups in total. The van der Waals surface area contributed by atoms with Crippen LogP contribution in [-0.4, -0.2) is 10.5 Å². The zero-order chi connectivity index (χ0) is 10.2. The van der Waals surface area contributed by atoms with Crippen molar-refractivity contribution in [2.45, 2.75) is 82.1 Å². The van der Waals surface area contributed by atoms with E-state index in [1.807, 2.05) is 0 Å². The van der Waals surface area contributed by atoms with Gasteiger partial charge in [0.05, 0.1) is 0 Å². The standard InChI is InChI=1S/C13H26S/c1-3-8-12(9-4-2)14-13-10-6-5-7-11-13/h12-13H,3-11H2,1-2H3. The Hall–Kier alpha value is 0.350. The molecule has 0 spiro atoms. The number of thioether (sulfide) groups is 1. The molecule has 1 aliphatic carbocycles. The van der Waals surface area contributed by atoms with Crippen LogP contribution in [0.15, 0.2) is 0 Å². The molecule has 0 atom stereocenters. The molecular formula is C13H26S. The summed E-state index contributed by atoms with van der Waals surface area (Å²) in [5.41, 5.74) is 0. The first kappa shape index (κ1) is 12.4. The van der Waals surface area contributed by atoms with Crippen molar-refractivity contribution in [2.75, 3.05) is 0 Å².